The first kappa shape index (κ1) is 12.0. The van der Waals surface area contributed by atoms with Crippen molar-refractivity contribution in [3.63, 3.8) is 0 Å². The first-order chi connectivity index (χ1) is 6.74. The Bertz CT molecular complexity index is 142. The number of likely N-dealkylation sites (tertiary alicyclic amines) is 1. The average Bonchev–Trinajstić information content (AvgIpc) is 2.46. The number of hydrogen-bond donors (Lipinski definition) is 1. The number of unbranched alkanes of at least 4 members (excludes halogenated alkanes) is 1. The van der Waals surface area contributed by atoms with Gasteiger partial charge < -0.3 is 10.5 Å². The molecule has 0 spiro atoms. The molecule has 1 aliphatic heterocycles. The van der Waals surface area contributed by atoms with Crippen molar-refractivity contribution in [1.29, 1.82) is 0 Å². The van der Waals surface area contributed by atoms with Crippen molar-refractivity contribution in [1.82, 2.24) is 4.90 Å². The van der Waals surface area contributed by atoms with Gasteiger partial charge in [0.2, 0.25) is 0 Å². The number of nitrogens with two attached hydrogens (primary N) is 1. The SMILES string of the molecule is CCCCOCCN1CC(C)C(N)C1. The molecule has 1 fully saturated rings. The van der Waals surface area contributed by atoms with Crippen LogP contribution in [0.15, 0.2) is 0 Å². The largest absolute Gasteiger partial charge is 0.380 e. The first-order valence-corrected chi connectivity index (χ1v) is 5.79. The molecule has 0 saturated carbocycles. The molecule has 1 aliphatic rings. The summed E-state index contributed by atoms with van der Waals surface area (Å²) in [4.78, 5) is 2.40. The third kappa shape index (κ3) is 3.95. The Hall–Kier alpha value is -0.120. The first-order valence-electron chi connectivity index (χ1n) is 5.79. The summed E-state index contributed by atoms with van der Waals surface area (Å²) in [5.74, 6) is 0.644. The highest BCUT2D eigenvalue weighted by atomic mass is 16.5. The van der Waals surface area contributed by atoms with Crippen LogP contribution in [-0.4, -0.2) is 43.8 Å². The van der Waals surface area contributed by atoms with Crippen molar-refractivity contribution in [2.24, 2.45) is 11.7 Å². The highest BCUT2D eigenvalue weighted by Crippen LogP contribution is 2.13. The standard InChI is InChI=1S/C11H24N2O/c1-3-4-6-14-7-5-13-8-10(2)11(12)9-13/h10-11H,3-9,12H2,1-2H3. The van der Waals surface area contributed by atoms with Gasteiger partial charge in [-0.15, -0.1) is 0 Å². The van der Waals surface area contributed by atoms with Gasteiger partial charge in [0.25, 0.3) is 0 Å². The Kier molecular flexibility index (Phi) is 5.45. The molecule has 1 saturated heterocycles. The summed E-state index contributed by atoms with van der Waals surface area (Å²) in [6.07, 6.45) is 2.39. The highest BCUT2D eigenvalue weighted by Gasteiger charge is 2.25. The molecule has 0 amide bonds. The van der Waals surface area contributed by atoms with Crippen LogP contribution in [0.4, 0.5) is 0 Å². The molecule has 1 heterocycles. The maximum atomic E-state index is 5.94. The zero-order chi connectivity index (χ0) is 10.4. The van der Waals surface area contributed by atoms with Crippen molar-refractivity contribution in [2.45, 2.75) is 32.7 Å². The minimum atomic E-state index is 0.366. The maximum absolute atomic E-state index is 5.94. The van der Waals surface area contributed by atoms with Crippen LogP contribution in [0.5, 0.6) is 0 Å². The Balaban J connectivity index is 1.97. The lowest BCUT2D eigenvalue weighted by atomic mass is 10.1. The van der Waals surface area contributed by atoms with Crippen molar-refractivity contribution in [2.75, 3.05) is 32.8 Å². The summed E-state index contributed by atoms with van der Waals surface area (Å²) in [6.45, 7) is 9.40. The van der Waals surface area contributed by atoms with Crippen LogP contribution in [-0.2, 0) is 4.74 Å². The van der Waals surface area contributed by atoms with E-state index in [1.807, 2.05) is 0 Å². The molecule has 2 atom stereocenters. The van der Waals surface area contributed by atoms with E-state index in [9.17, 15) is 0 Å². The molecule has 0 bridgehead atoms. The minimum absolute atomic E-state index is 0.366. The summed E-state index contributed by atoms with van der Waals surface area (Å²) in [5.41, 5.74) is 5.94. The van der Waals surface area contributed by atoms with E-state index >= 15 is 0 Å². The fraction of sp³-hybridized carbons (Fsp3) is 1.00. The molecule has 0 radical (unpaired) electrons. The Morgan fingerprint density at radius 1 is 1.36 bits per heavy atom. The van der Waals surface area contributed by atoms with Crippen LogP contribution in [0.2, 0.25) is 0 Å². The van der Waals surface area contributed by atoms with Crippen LogP contribution in [0.25, 0.3) is 0 Å². The van der Waals surface area contributed by atoms with E-state index < -0.39 is 0 Å². The maximum Gasteiger partial charge on any atom is 0.0593 e. The van der Waals surface area contributed by atoms with Crippen LogP contribution >= 0.6 is 0 Å². The monoisotopic (exact) mass is 200 g/mol. The van der Waals surface area contributed by atoms with Gasteiger partial charge >= 0.3 is 0 Å². The molecular formula is C11H24N2O. The van der Waals surface area contributed by atoms with Crippen molar-refractivity contribution in [3.8, 4) is 0 Å². The van der Waals surface area contributed by atoms with Gasteiger partial charge in [0, 0.05) is 32.3 Å². The number of nitrogens with zero attached hydrogens (tertiary/aromatic N) is 1. The van der Waals surface area contributed by atoms with Crippen LogP contribution < -0.4 is 5.73 Å². The van der Waals surface area contributed by atoms with E-state index in [1.165, 1.54) is 12.8 Å². The van der Waals surface area contributed by atoms with Gasteiger partial charge in [-0.05, 0) is 12.3 Å². The second kappa shape index (κ2) is 6.38. The molecule has 0 aromatic heterocycles. The second-order valence-corrected chi connectivity index (χ2v) is 4.37. The van der Waals surface area contributed by atoms with Crippen molar-refractivity contribution < 1.29 is 4.74 Å². The van der Waals surface area contributed by atoms with Crippen LogP contribution in [0, 0.1) is 5.92 Å². The van der Waals surface area contributed by atoms with Gasteiger partial charge in [-0.2, -0.15) is 0 Å². The van der Waals surface area contributed by atoms with Crippen LogP contribution in [0.1, 0.15) is 26.7 Å². The van der Waals surface area contributed by atoms with Gasteiger partial charge in [0.1, 0.15) is 0 Å². The van der Waals surface area contributed by atoms with Gasteiger partial charge in [0.15, 0.2) is 0 Å². The summed E-state index contributed by atoms with van der Waals surface area (Å²) in [6, 6.07) is 0.366. The van der Waals surface area contributed by atoms with E-state index in [1.54, 1.807) is 0 Å². The lowest BCUT2D eigenvalue weighted by molar-refractivity contribution is 0.108. The smallest absolute Gasteiger partial charge is 0.0593 e. The van der Waals surface area contributed by atoms with Gasteiger partial charge in [0.05, 0.1) is 6.61 Å². The van der Waals surface area contributed by atoms with Crippen molar-refractivity contribution in [3.05, 3.63) is 0 Å². The normalized spacial score (nSPS) is 28.5. The van der Waals surface area contributed by atoms with E-state index in [4.69, 9.17) is 10.5 Å². The fourth-order valence-electron chi connectivity index (χ4n) is 1.82. The van der Waals surface area contributed by atoms with Crippen molar-refractivity contribution >= 4 is 0 Å². The molecule has 0 aromatic carbocycles. The molecule has 84 valence electrons. The molecule has 1 rings (SSSR count). The summed E-state index contributed by atoms with van der Waals surface area (Å²) >= 11 is 0. The third-order valence-electron chi connectivity index (χ3n) is 2.94. The fourth-order valence-corrected chi connectivity index (χ4v) is 1.82. The Morgan fingerprint density at radius 2 is 2.14 bits per heavy atom. The zero-order valence-corrected chi connectivity index (χ0v) is 9.54. The topological polar surface area (TPSA) is 38.5 Å². The molecule has 0 aliphatic carbocycles. The van der Waals surface area contributed by atoms with Crippen LogP contribution in [0.3, 0.4) is 0 Å². The predicted molar refractivity (Wildman–Crippen MR) is 59.3 cm³/mol. The number of rotatable bonds is 6. The van der Waals surface area contributed by atoms with E-state index in [-0.39, 0.29) is 0 Å². The molecule has 0 aromatic rings. The van der Waals surface area contributed by atoms with E-state index in [0.29, 0.717) is 12.0 Å². The zero-order valence-electron chi connectivity index (χ0n) is 9.54. The molecule has 14 heavy (non-hydrogen) atoms. The van der Waals surface area contributed by atoms with Gasteiger partial charge in [-0.3, -0.25) is 4.90 Å². The molecule has 2 unspecified atom stereocenters. The quantitative estimate of drug-likeness (QED) is 0.652. The third-order valence-corrected chi connectivity index (χ3v) is 2.94. The second-order valence-electron chi connectivity index (χ2n) is 4.37. The lowest BCUT2D eigenvalue weighted by Crippen LogP contribution is -2.30. The van der Waals surface area contributed by atoms with E-state index in [0.717, 1.165) is 32.8 Å². The lowest BCUT2D eigenvalue weighted by Gasteiger charge is -2.14. The summed E-state index contributed by atoms with van der Waals surface area (Å²) in [5, 5.41) is 0. The number of ether oxygens (including phenoxy) is 1. The predicted octanol–water partition coefficient (Wildman–Crippen LogP) is 1.08. The molecule has 3 nitrogen and oxygen atoms in total. The molecule has 2 N–H and O–H groups in total. The highest BCUT2D eigenvalue weighted by molar-refractivity contribution is 4.83. The Labute approximate surface area is 87.6 Å². The minimum Gasteiger partial charge on any atom is -0.380 e. The van der Waals surface area contributed by atoms with E-state index in [2.05, 4.69) is 18.7 Å². The number of hydrogen-bond acceptors (Lipinski definition) is 3. The summed E-state index contributed by atoms with van der Waals surface area (Å²) < 4.78 is 5.52. The van der Waals surface area contributed by atoms with Gasteiger partial charge in [-0.1, -0.05) is 20.3 Å². The average molecular weight is 200 g/mol. The molecule has 3 heteroatoms. The van der Waals surface area contributed by atoms with Gasteiger partial charge in [-0.25, -0.2) is 0 Å². The summed E-state index contributed by atoms with van der Waals surface area (Å²) in [7, 11) is 0. The Morgan fingerprint density at radius 3 is 2.71 bits per heavy atom. The molecular weight excluding hydrogens is 176 g/mol.